The number of amides is 3. The fourth-order valence-corrected chi connectivity index (χ4v) is 2.91. The summed E-state index contributed by atoms with van der Waals surface area (Å²) >= 11 is 0. The summed E-state index contributed by atoms with van der Waals surface area (Å²) in [6.45, 7) is 1.81. The molecule has 1 aliphatic rings. The van der Waals surface area contributed by atoms with Crippen LogP contribution in [0.5, 0.6) is 0 Å². The number of rotatable bonds is 4. The van der Waals surface area contributed by atoms with Crippen LogP contribution in [0.4, 0.5) is 14.9 Å². The first kappa shape index (κ1) is 19.3. The summed E-state index contributed by atoms with van der Waals surface area (Å²) in [5.41, 5.74) is 1.10. The standard InChI is InChI=1S/C19H19FN4O4/c20-16-5-1-14(2-6-16)13-21-19(26)23-11-9-22(10-12-23)18(25)15-3-7-17(8-4-15)24(27)28/h1-8H,9-13H2,(H,21,26). The van der Waals surface area contributed by atoms with Crippen molar-refractivity contribution >= 4 is 17.6 Å². The molecule has 0 aliphatic carbocycles. The molecule has 3 amide bonds. The maximum Gasteiger partial charge on any atom is 0.317 e. The van der Waals surface area contributed by atoms with Gasteiger partial charge in [0.2, 0.25) is 0 Å². The molecule has 1 N–H and O–H groups in total. The highest BCUT2D eigenvalue weighted by molar-refractivity contribution is 5.94. The van der Waals surface area contributed by atoms with Gasteiger partial charge in [0.05, 0.1) is 4.92 Å². The number of nitro benzene ring substituents is 1. The second-order valence-corrected chi connectivity index (χ2v) is 6.37. The lowest BCUT2D eigenvalue weighted by Gasteiger charge is -2.34. The minimum absolute atomic E-state index is 0.0702. The molecule has 1 fully saturated rings. The summed E-state index contributed by atoms with van der Waals surface area (Å²) in [6, 6.07) is 11.1. The molecule has 1 aliphatic heterocycles. The molecule has 146 valence electrons. The Labute approximate surface area is 160 Å². The molecule has 1 heterocycles. The van der Waals surface area contributed by atoms with E-state index in [2.05, 4.69) is 5.32 Å². The second kappa shape index (κ2) is 8.47. The minimum Gasteiger partial charge on any atom is -0.335 e. The van der Waals surface area contributed by atoms with E-state index in [1.807, 2.05) is 0 Å². The first-order chi connectivity index (χ1) is 13.4. The largest absolute Gasteiger partial charge is 0.335 e. The van der Waals surface area contributed by atoms with E-state index in [0.717, 1.165) is 5.56 Å². The summed E-state index contributed by atoms with van der Waals surface area (Å²) in [5.74, 6) is -0.551. The topological polar surface area (TPSA) is 95.8 Å². The van der Waals surface area contributed by atoms with E-state index in [0.29, 0.717) is 38.3 Å². The van der Waals surface area contributed by atoms with Gasteiger partial charge in [0.15, 0.2) is 0 Å². The van der Waals surface area contributed by atoms with Gasteiger partial charge in [0, 0.05) is 50.4 Å². The van der Waals surface area contributed by atoms with Crippen LogP contribution >= 0.6 is 0 Å². The molecule has 0 spiro atoms. The van der Waals surface area contributed by atoms with Gasteiger partial charge in [-0.15, -0.1) is 0 Å². The zero-order valence-electron chi connectivity index (χ0n) is 15.0. The highest BCUT2D eigenvalue weighted by Gasteiger charge is 2.25. The number of urea groups is 1. The molecule has 0 atom stereocenters. The first-order valence-electron chi connectivity index (χ1n) is 8.75. The highest BCUT2D eigenvalue weighted by Crippen LogP contribution is 2.15. The Balaban J connectivity index is 1.49. The van der Waals surface area contributed by atoms with Crippen molar-refractivity contribution in [3.05, 3.63) is 75.6 Å². The Morgan fingerprint density at radius 1 is 0.964 bits per heavy atom. The molecular weight excluding hydrogens is 367 g/mol. The van der Waals surface area contributed by atoms with Crippen LogP contribution in [0, 0.1) is 15.9 Å². The van der Waals surface area contributed by atoms with Crippen LogP contribution in [0.25, 0.3) is 0 Å². The zero-order chi connectivity index (χ0) is 20.1. The van der Waals surface area contributed by atoms with E-state index in [1.54, 1.807) is 21.9 Å². The van der Waals surface area contributed by atoms with Gasteiger partial charge in [-0.25, -0.2) is 9.18 Å². The molecule has 8 nitrogen and oxygen atoms in total. The quantitative estimate of drug-likeness (QED) is 0.645. The zero-order valence-corrected chi connectivity index (χ0v) is 15.0. The highest BCUT2D eigenvalue weighted by atomic mass is 19.1. The average Bonchev–Trinajstić information content (AvgIpc) is 2.73. The number of nitrogens with one attached hydrogen (secondary N) is 1. The Hall–Kier alpha value is -3.49. The molecule has 0 saturated carbocycles. The fourth-order valence-electron chi connectivity index (χ4n) is 2.91. The van der Waals surface area contributed by atoms with Crippen molar-refractivity contribution < 1.29 is 18.9 Å². The number of piperazine rings is 1. The summed E-state index contributed by atoms with van der Waals surface area (Å²) in [7, 11) is 0. The lowest BCUT2D eigenvalue weighted by atomic mass is 10.1. The predicted octanol–water partition coefficient (Wildman–Crippen LogP) is 2.40. The van der Waals surface area contributed by atoms with Crippen LogP contribution < -0.4 is 5.32 Å². The first-order valence-corrected chi connectivity index (χ1v) is 8.75. The van der Waals surface area contributed by atoms with Gasteiger partial charge in [0.25, 0.3) is 11.6 Å². The molecule has 2 aromatic rings. The molecule has 0 bridgehead atoms. The Bertz CT molecular complexity index is 863. The Morgan fingerprint density at radius 2 is 1.54 bits per heavy atom. The molecule has 28 heavy (non-hydrogen) atoms. The third-order valence-corrected chi connectivity index (χ3v) is 4.54. The normalized spacial score (nSPS) is 13.9. The molecule has 2 aromatic carbocycles. The molecule has 3 rings (SSSR count). The number of benzene rings is 2. The van der Waals surface area contributed by atoms with Crippen LogP contribution in [0.15, 0.2) is 48.5 Å². The maximum absolute atomic E-state index is 12.9. The maximum atomic E-state index is 12.9. The SMILES string of the molecule is O=C(NCc1ccc(F)cc1)N1CCN(C(=O)c2ccc([N+](=O)[O-])cc2)CC1. The monoisotopic (exact) mass is 386 g/mol. The number of halogens is 1. The van der Waals surface area contributed by atoms with E-state index < -0.39 is 4.92 Å². The Morgan fingerprint density at radius 3 is 2.11 bits per heavy atom. The van der Waals surface area contributed by atoms with Crippen LogP contribution in [0.1, 0.15) is 15.9 Å². The van der Waals surface area contributed by atoms with Crippen molar-refractivity contribution in [1.82, 2.24) is 15.1 Å². The van der Waals surface area contributed by atoms with Crippen LogP contribution in [0.3, 0.4) is 0 Å². The summed E-state index contributed by atoms with van der Waals surface area (Å²) in [6.07, 6.45) is 0. The van der Waals surface area contributed by atoms with Gasteiger partial charge in [-0.05, 0) is 29.8 Å². The van der Waals surface area contributed by atoms with E-state index in [-0.39, 0.29) is 23.4 Å². The number of non-ortho nitro benzene ring substituents is 1. The lowest BCUT2D eigenvalue weighted by Crippen LogP contribution is -2.53. The van der Waals surface area contributed by atoms with Gasteiger partial charge in [0.1, 0.15) is 5.82 Å². The predicted molar refractivity (Wildman–Crippen MR) is 99.2 cm³/mol. The minimum atomic E-state index is -0.516. The summed E-state index contributed by atoms with van der Waals surface area (Å²) in [5, 5.41) is 13.5. The van der Waals surface area contributed by atoms with Gasteiger partial charge in [-0.2, -0.15) is 0 Å². The van der Waals surface area contributed by atoms with Crippen molar-refractivity contribution in [2.24, 2.45) is 0 Å². The number of carbonyl (C=O) groups is 2. The van der Waals surface area contributed by atoms with Crippen molar-refractivity contribution in [1.29, 1.82) is 0 Å². The summed E-state index contributed by atoms with van der Waals surface area (Å²) < 4.78 is 12.9. The van der Waals surface area contributed by atoms with Gasteiger partial charge >= 0.3 is 6.03 Å². The molecule has 0 aromatic heterocycles. The number of nitro groups is 1. The van der Waals surface area contributed by atoms with Crippen molar-refractivity contribution in [2.75, 3.05) is 26.2 Å². The van der Waals surface area contributed by atoms with E-state index in [9.17, 15) is 24.1 Å². The molecule has 1 saturated heterocycles. The Kier molecular flexibility index (Phi) is 5.83. The van der Waals surface area contributed by atoms with Crippen molar-refractivity contribution in [2.45, 2.75) is 6.54 Å². The van der Waals surface area contributed by atoms with Gasteiger partial charge < -0.3 is 15.1 Å². The number of nitrogens with zero attached hydrogens (tertiary/aromatic N) is 3. The van der Waals surface area contributed by atoms with Crippen LogP contribution in [-0.2, 0) is 6.54 Å². The van der Waals surface area contributed by atoms with Gasteiger partial charge in [-0.1, -0.05) is 12.1 Å². The number of carbonyl (C=O) groups excluding carboxylic acids is 2. The average molecular weight is 386 g/mol. The van der Waals surface area contributed by atoms with E-state index in [1.165, 1.54) is 36.4 Å². The lowest BCUT2D eigenvalue weighted by molar-refractivity contribution is -0.384. The van der Waals surface area contributed by atoms with Crippen LogP contribution in [-0.4, -0.2) is 52.8 Å². The van der Waals surface area contributed by atoms with Crippen molar-refractivity contribution in [3.63, 3.8) is 0 Å². The van der Waals surface area contributed by atoms with E-state index in [4.69, 9.17) is 0 Å². The van der Waals surface area contributed by atoms with Crippen LogP contribution in [0.2, 0.25) is 0 Å². The second-order valence-electron chi connectivity index (χ2n) is 6.37. The third-order valence-electron chi connectivity index (χ3n) is 4.54. The summed E-state index contributed by atoms with van der Waals surface area (Å²) in [4.78, 5) is 38.2. The third kappa shape index (κ3) is 4.61. The smallest absolute Gasteiger partial charge is 0.317 e. The molecule has 9 heteroatoms. The molecule has 0 radical (unpaired) electrons. The fraction of sp³-hybridized carbons (Fsp3) is 0.263. The molecular formula is C19H19FN4O4. The van der Waals surface area contributed by atoms with Crippen molar-refractivity contribution in [3.8, 4) is 0 Å². The van der Waals surface area contributed by atoms with Gasteiger partial charge in [-0.3, -0.25) is 14.9 Å². The number of hydrogen-bond donors (Lipinski definition) is 1. The molecule has 0 unspecified atom stereocenters. The van der Waals surface area contributed by atoms with E-state index >= 15 is 0 Å². The number of hydrogen-bond acceptors (Lipinski definition) is 4.